The van der Waals surface area contributed by atoms with E-state index in [1.807, 2.05) is 6.07 Å². The Morgan fingerprint density at radius 1 is 1.08 bits per heavy atom. The molecule has 0 unspecified atom stereocenters. The normalized spacial score (nSPS) is 10.3. The fourth-order valence-electron chi connectivity index (χ4n) is 1.41. The summed E-state index contributed by atoms with van der Waals surface area (Å²) in [6, 6.07) is 12.7. The quantitative estimate of drug-likeness (QED) is 0.715. The minimum atomic E-state index is 1.01. The van der Waals surface area contributed by atoms with Crippen LogP contribution in [0, 0.1) is 0 Å². The van der Waals surface area contributed by atoms with Gasteiger partial charge in [-0.25, -0.2) is 0 Å². The van der Waals surface area contributed by atoms with Gasteiger partial charge >= 0.3 is 90.9 Å². The Kier molecular flexibility index (Phi) is 2.44. The predicted octanol–water partition coefficient (Wildman–Crippen LogP) is 1.37. The van der Waals surface area contributed by atoms with Gasteiger partial charge in [0, 0.05) is 0 Å². The van der Waals surface area contributed by atoms with E-state index in [1.54, 1.807) is 7.11 Å². The van der Waals surface area contributed by atoms with Gasteiger partial charge in [-0.05, 0) is 0 Å². The summed E-state index contributed by atoms with van der Waals surface area (Å²) in [5.74, 6) is 1.01. The summed E-state index contributed by atoms with van der Waals surface area (Å²) < 4.78 is 6.60. The second-order valence-corrected chi connectivity index (χ2v) is 4.72. The molecule has 0 N–H and O–H groups in total. The molecule has 64 valence electrons. The van der Waals surface area contributed by atoms with Crippen molar-refractivity contribution in [3.05, 3.63) is 36.4 Å². The Bertz CT molecular complexity index is 437. The molecule has 0 aromatic heterocycles. The molecule has 0 saturated carbocycles. The first-order valence-electron chi connectivity index (χ1n) is 4.13. The molecule has 0 aliphatic carbocycles. The molecule has 0 fully saturated rings. The summed E-state index contributed by atoms with van der Waals surface area (Å²) in [5, 5.41) is 2.54. The topological polar surface area (TPSA) is 9.23 Å². The SMILES string of the molecule is COc1cc2ccccc2c[c]1[SnH]. The van der Waals surface area contributed by atoms with Crippen LogP contribution < -0.4 is 8.32 Å². The van der Waals surface area contributed by atoms with Crippen molar-refractivity contribution in [2.75, 3.05) is 7.11 Å². The average Bonchev–Trinajstić information content (AvgIpc) is 2.17. The number of ether oxygens (including phenoxy) is 1. The first-order chi connectivity index (χ1) is 6.31. The standard InChI is InChI=1S/C11H9O.Sn.H/c1-12-11-7-6-9-4-2-3-5-10(9)8-11;;/h2-6,8H,1H3;;. The Morgan fingerprint density at radius 3 is 2.31 bits per heavy atom. The third-order valence-corrected chi connectivity index (χ3v) is 3.39. The molecule has 0 bridgehead atoms. The number of benzene rings is 2. The van der Waals surface area contributed by atoms with Gasteiger partial charge in [-0.1, -0.05) is 0 Å². The van der Waals surface area contributed by atoms with Crippen molar-refractivity contribution in [2.24, 2.45) is 0 Å². The molecular formula is C11H10OSn. The van der Waals surface area contributed by atoms with Gasteiger partial charge in [0.15, 0.2) is 0 Å². The summed E-state index contributed by atoms with van der Waals surface area (Å²) >= 11 is 1.10. The van der Waals surface area contributed by atoms with E-state index >= 15 is 0 Å². The van der Waals surface area contributed by atoms with E-state index < -0.39 is 0 Å². The van der Waals surface area contributed by atoms with Gasteiger partial charge in [-0.15, -0.1) is 0 Å². The molecule has 0 saturated heterocycles. The summed E-state index contributed by atoms with van der Waals surface area (Å²) in [6.45, 7) is 0. The molecule has 2 radical (unpaired) electrons. The third kappa shape index (κ3) is 1.65. The van der Waals surface area contributed by atoms with E-state index in [4.69, 9.17) is 4.74 Å². The van der Waals surface area contributed by atoms with Crippen molar-refractivity contribution in [3.8, 4) is 5.75 Å². The van der Waals surface area contributed by atoms with Crippen molar-refractivity contribution in [1.82, 2.24) is 0 Å². The first-order valence-corrected chi connectivity index (χ1v) is 5.78. The Morgan fingerprint density at radius 2 is 1.69 bits per heavy atom. The Hall–Kier alpha value is -0.701. The summed E-state index contributed by atoms with van der Waals surface area (Å²) in [5.41, 5.74) is 0. The molecule has 2 aromatic rings. The summed E-state index contributed by atoms with van der Waals surface area (Å²) in [7, 11) is 1.73. The number of hydrogen-bond acceptors (Lipinski definition) is 1. The van der Waals surface area contributed by atoms with Crippen molar-refractivity contribution >= 4 is 36.9 Å². The molecule has 0 amide bonds. The molecule has 0 atom stereocenters. The molecule has 13 heavy (non-hydrogen) atoms. The van der Waals surface area contributed by atoms with Crippen LogP contribution in [0.25, 0.3) is 10.8 Å². The van der Waals surface area contributed by atoms with Crippen LogP contribution in [0.15, 0.2) is 36.4 Å². The zero-order chi connectivity index (χ0) is 9.26. The van der Waals surface area contributed by atoms with Crippen molar-refractivity contribution < 1.29 is 4.74 Å². The zero-order valence-electron chi connectivity index (χ0n) is 7.45. The van der Waals surface area contributed by atoms with Gasteiger partial charge in [0.1, 0.15) is 0 Å². The van der Waals surface area contributed by atoms with E-state index in [1.165, 1.54) is 14.4 Å². The van der Waals surface area contributed by atoms with Gasteiger partial charge in [-0.3, -0.25) is 0 Å². The van der Waals surface area contributed by atoms with Crippen LogP contribution in [-0.2, 0) is 0 Å². The molecular weight excluding hydrogens is 267 g/mol. The first kappa shape index (κ1) is 8.88. The summed E-state index contributed by atoms with van der Waals surface area (Å²) in [4.78, 5) is 0. The van der Waals surface area contributed by atoms with Crippen LogP contribution in [0.2, 0.25) is 0 Å². The van der Waals surface area contributed by atoms with Crippen LogP contribution >= 0.6 is 0 Å². The maximum atomic E-state index is 5.29. The van der Waals surface area contributed by atoms with Gasteiger partial charge in [-0.2, -0.15) is 0 Å². The third-order valence-electron chi connectivity index (χ3n) is 2.10. The molecule has 0 aliphatic rings. The number of methoxy groups -OCH3 is 1. The van der Waals surface area contributed by atoms with Gasteiger partial charge in [0.25, 0.3) is 0 Å². The monoisotopic (exact) mass is 278 g/mol. The van der Waals surface area contributed by atoms with Crippen LogP contribution in [0.1, 0.15) is 0 Å². The number of hydrogen-bond donors (Lipinski definition) is 0. The molecule has 0 spiro atoms. The van der Waals surface area contributed by atoms with Crippen LogP contribution in [-0.4, -0.2) is 29.6 Å². The van der Waals surface area contributed by atoms with Crippen molar-refractivity contribution in [1.29, 1.82) is 0 Å². The summed E-state index contributed by atoms with van der Waals surface area (Å²) in [6.07, 6.45) is 0. The van der Waals surface area contributed by atoms with E-state index in [0.717, 1.165) is 28.3 Å². The minimum absolute atomic E-state index is 1.01. The molecule has 1 nitrogen and oxygen atoms in total. The van der Waals surface area contributed by atoms with E-state index in [9.17, 15) is 0 Å². The molecule has 2 aromatic carbocycles. The molecule has 0 heterocycles. The predicted molar refractivity (Wildman–Crippen MR) is 57.3 cm³/mol. The number of rotatable bonds is 1. The molecule has 2 heteroatoms. The van der Waals surface area contributed by atoms with Gasteiger partial charge in [0.05, 0.1) is 0 Å². The van der Waals surface area contributed by atoms with Gasteiger partial charge < -0.3 is 0 Å². The molecule has 0 aliphatic heterocycles. The van der Waals surface area contributed by atoms with Crippen LogP contribution in [0.4, 0.5) is 0 Å². The second-order valence-electron chi connectivity index (χ2n) is 2.94. The number of fused-ring (bicyclic) bond motifs is 1. The Labute approximate surface area is 90.8 Å². The van der Waals surface area contributed by atoms with Crippen LogP contribution in [0.5, 0.6) is 5.75 Å². The second kappa shape index (κ2) is 3.58. The van der Waals surface area contributed by atoms with E-state index in [2.05, 4.69) is 30.3 Å². The zero-order valence-corrected chi connectivity index (χ0v) is 10.7. The Balaban J connectivity index is 2.74. The maximum absolute atomic E-state index is 5.29. The molecule has 2 rings (SSSR count). The average molecular weight is 277 g/mol. The van der Waals surface area contributed by atoms with E-state index in [-0.39, 0.29) is 0 Å². The van der Waals surface area contributed by atoms with E-state index in [0.29, 0.717) is 0 Å². The fourth-order valence-corrected chi connectivity index (χ4v) is 2.50. The van der Waals surface area contributed by atoms with Crippen molar-refractivity contribution in [2.45, 2.75) is 0 Å². The fraction of sp³-hybridized carbons (Fsp3) is 0.0909. The van der Waals surface area contributed by atoms with Gasteiger partial charge in [0.2, 0.25) is 0 Å². The van der Waals surface area contributed by atoms with Crippen molar-refractivity contribution in [3.63, 3.8) is 0 Å². The van der Waals surface area contributed by atoms with Crippen LogP contribution in [0.3, 0.4) is 0 Å².